The van der Waals surface area contributed by atoms with Gasteiger partial charge in [-0.25, -0.2) is 0 Å². The molecule has 1 aliphatic rings. The van der Waals surface area contributed by atoms with Gasteiger partial charge in [-0.2, -0.15) is 0 Å². The third-order valence-electron chi connectivity index (χ3n) is 4.07. The van der Waals surface area contributed by atoms with Gasteiger partial charge in [0.2, 0.25) is 0 Å². The molecule has 0 radical (unpaired) electrons. The fourth-order valence-corrected chi connectivity index (χ4v) is 2.61. The van der Waals surface area contributed by atoms with Gasteiger partial charge in [-0.1, -0.05) is 59.2 Å². The van der Waals surface area contributed by atoms with Crippen molar-refractivity contribution in [3.05, 3.63) is 29.3 Å². The summed E-state index contributed by atoms with van der Waals surface area (Å²) in [4.78, 5) is 0. The molecule has 1 unspecified atom stereocenters. The van der Waals surface area contributed by atoms with Gasteiger partial charge in [0.05, 0.1) is 0 Å². The number of para-hydroxylation sites is 1. The first-order valence-corrected chi connectivity index (χ1v) is 7.43. The third-order valence-corrected chi connectivity index (χ3v) is 4.07. The minimum Gasteiger partial charge on any atom is -0.507 e. The Balaban J connectivity index is 0.000000771. The first-order chi connectivity index (χ1) is 8.61. The second-order valence-electron chi connectivity index (χ2n) is 5.42. The van der Waals surface area contributed by atoms with Crippen molar-refractivity contribution in [2.24, 2.45) is 5.92 Å². The molecule has 0 aliphatic heterocycles. The Hall–Kier alpha value is -0.980. The summed E-state index contributed by atoms with van der Waals surface area (Å²) in [6, 6.07) is 6.21. The summed E-state index contributed by atoms with van der Waals surface area (Å²) < 4.78 is 0. The molecule has 102 valence electrons. The molecule has 0 saturated heterocycles. The fraction of sp³-hybridized carbons (Fsp3) is 0.647. The van der Waals surface area contributed by atoms with Crippen LogP contribution in [0.2, 0.25) is 0 Å². The van der Waals surface area contributed by atoms with Gasteiger partial charge in [0, 0.05) is 0 Å². The molecule has 0 spiro atoms. The van der Waals surface area contributed by atoms with E-state index < -0.39 is 0 Å². The van der Waals surface area contributed by atoms with Crippen molar-refractivity contribution in [1.82, 2.24) is 0 Å². The smallest absolute Gasteiger partial charge is 0.122 e. The SMILES string of the molecule is CC.CC(C)c1cccc(C(C)C2CCC2)c1O. The number of aromatic hydroxyl groups is 1. The van der Waals surface area contributed by atoms with Crippen molar-refractivity contribution in [1.29, 1.82) is 0 Å². The van der Waals surface area contributed by atoms with Crippen LogP contribution in [0.5, 0.6) is 5.75 Å². The van der Waals surface area contributed by atoms with E-state index in [9.17, 15) is 5.11 Å². The number of phenols is 1. The van der Waals surface area contributed by atoms with Gasteiger partial charge in [-0.3, -0.25) is 0 Å². The summed E-state index contributed by atoms with van der Waals surface area (Å²) >= 11 is 0. The van der Waals surface area contributed by atoms with Gasteiger partial charge in [0.1, 0.15) is 5.75 Å². The number of rotatable bonds is 3. The van der Waals surface area contributed by atoms with Crippen molar-refractivity contribution in [3.8, 4) is 5.75 Å². The molecule has 0 heterocycles. The monoisotopic (exact) mass is 248 g/mol. The minimum atomic E-state index is 0.397. The average Bonchev–Trinajstić information content (AvgIpc) is 2.29. The minimum absolute atomic E-state index is 0.397. The number of hydrogen-bond donors (Lipinski definition) is 1. The Kier molecular flexibility index (Phi) is 5.71. The van der Waals surface area contributed by atoms with Crippen molar-refractivity contribution < 1.29 is 5.11 Å². The Morgan fingerprint density at radius 3 is 2.06 bits per heavy atom. The first kappa shape index (κ1) is 15.1. The van der Waals surface area contributed by atoms with Gasteiger partial charge in [-0.15, -0.1) is 0 Å². The van der Waals surface area contributed by atoms with Crippen LogP contribution in [0.25, 0.3) is 0 Å². The van der Waals surface area contributed by atoms with E-state index in [1.807, 2.05) is 19.9 Å². The normalized spacial score (nSPS) is 16.8. The van der Waals surface area contributed by atoms with Crippen molar-refractivity contribution in [2.75, 3.05) is 0 Å². The highest BCUT2D eigenvalue weighted by molar-refractivity contribution is 5.44. The van der Waals surface area contributed by atoms with Crippen LogP contribution < -0.4 is 0 Å². The molecule has 1 heteroatoms. The van der Waals surface area contributed by atoms with Crippen LogP contribution in [-0.2, 0) is 0 Å². The topological polar surface area (TPSA) is 20.2 Å². The zero-order valence-electron chi connectivity index (χ0n) is 12.5. The molecule has 1 aromatic rings. The van der Waals surface area contributed by atoms with Crippen molar-refractivity contribution in [3.63, 3.8) is 0 Å². The lowest BCUT2D eigenvalue weighted by atomic mass is 9.73. The molecule has 0 amide bonds. The molecule has 2 rings (SSSR count). The first-order valence-electron chi connectivity index (χ1n) is 7.43. The van der Waals surface area contributed by atoms with Crippen LogP contribution >= 0.6 is 0 Å². The van der Waals surface area contributed by atoms with Crippen LogP contribution in [-0.4, -0.2) is 5.11 Å². The second-order valence-corrected chi connectivity index (χ2v) is 5.42. The predicted molar refractivity (Wildman–Crippen MR) is 79.3 cm³/mol. The molecule has 1 saturated carbocycles. The third kappa shape index (κ3) is 3.07. The molecule has 1 fully saturated rings. The molecule has 0 bridgehead atoms. The summed E-state index contributed by atoms with van der Waals surface area (Å²) in [7, 11) is 0. The Morgan fingerprint density at radius 1 is 1.06 bits per heavy atom. The van der Waals surface area contributed by atoms with Crippen LogP contribution in [0.4, 0.5) is 0 Å². The van der Waals surface area contributed by atoms with Gasteiger partial charge in [-0.05, 0) is 41.7 Å². The van der Waals surface area contributed by atoms with Crippen LogP contribution in [0.15, 0.2) is 18.2 Å². The average molecular weight is 248 g/mol. The van der Waals surface area contributed by atoms with E-state index in [0.29, 0.717) is 17.6 Å². The second kappa shape index (κ2) is 6.82. The van der Waals surface area contributed by atoms with Crippen LogP contribution in [0, 0.1) is 5.92 Å². The zero-order valence-corrected chi connectivity index (χ0v) is 12.5. The number of benzene rings is 1. The molecule has 1 N–H and O–H groups in total. The van der Waals surface area contributed by atoms with Crippen LogP contribution in [0.1, 0.15) is 76.8 Å². The summed E-state index contributed by atoms with van der Waals surface area (Å²) in [5.41, 5.74) is 2.24. The summed E-state index contributed by atoms with van der Waals surface area (Å²) in [6.07, 6.45) is 4.01. The lowest BCUT2D eigenvalue weighted by molar-refractivity contribution is 0.268. The highest BCUT2D eigenvalue weighted by Gasteiger charge is 2.27. The quantitative estimate of drug-likeness (QED) is 0.754. The Bertz CT molecular complexity index is 364. The molecule has 18 heavy (non-hydrogen) atoms. The number of phenolic OH excluding ortho intramolecular Hbond substituents is 1. The highest BCUT2D eigenvalue weighted by Crippen LogP contribution is 2.43. The molecule has 1 nitrogen and oxygen atoms in total. The van der Waals surface area contributed by atoms with Gasteiger partial charge in [0.25, 0.3) is 0 Å². The molecule has 0 aromatic heterocycles. The number of hydrogen-bond acceptors (Lipinski definition) is 1. The summed E-state index contributed by atoms with van der Waals surface area (Å²) in [5, 5.41) is 10.3. The Labute approximate surface area is 112 Å². The van der Waals surface area contributed by atoms with E-state index in [1.54, 1.807) is 0 Å². The van der Waals surface area contributed by atoms with Gasteiger partial charge in [0.15, 0.2) is 0 Å². The van der Waals surface area contributed by atoms with E-state index in [-0.39, 0.29) is 0 Å². The van der Waals surface area contributed by atoms with Crippen molar-refractivity contribution >= 4 is 0 Å². The zero-order chi connectivity index (χ0) is 13.7. The predicted octanol–water partition coefficient (Wildman–Crippen LogP) is 5.45. The molecular weight excluding hydrogens is 220 g/mol. The standard InChI is InChI=1S/C15H22O.C2H6/c1-10(2)13-8-5-9-14(15(13)16)11(3)12-6-4-7-12;1-2/h5,8-12,16H,4,6-7H2,1-3H3;1-2H3. The lowest BCUT2D eigenvalue weighted by Gasteiger charge is -2.32. The maximum Gasteiger partial charge on any atom is 0.122 e. The highest BCUT2D eigenvalue weighted by atomic mass is 16.3. The van der Waals surface area contributed by atoms with E-state index in [2.05, 4.69) is 32.9 Å². The maximum absolute atomic E-state index is 10.3. The van der Waals surface area contributed by atoms with Crippen molar-refractivity contribution in [2.45, 2.75) is 65.7 Å². The fourth-order valence-electron chi connectivity index (χ4n) is 2.61. The lowest BCUT2D eigenvalue weighted by Crippen LogP contribution is -2.18. The maximum atomic E-state index is 10.3. The van der Waals surface area contributed by atoms with Crippen LogP contribution in [0.3, 0.4) is 0 Å². The molecule has 1 atom stereocenters. The molecule has 1 aromatic carbocycles. The van der Waals surface area contributed by atoms with Gasteiger partial charge < -0.3 is 5.11 Å². The van der Waals surface area contributed by atoms with E-state index in [4.69, 9.17) is 0 Å². The van der Waals surface area contributed by atoms with Gasteiger partial charge >= 0.3 is 0 Å². The van der Waals surface area contributed by atoms with E-state index in [1.165, 1.54) is 19.3 Å². The largest absolute Gasteiger partial charge is 0.507 e. The van der Waals surface area contributed by atoms with E-state index >= 15 is 0 Å². The summed E-state index contributed by atoms with van der Waals surface area (Å²) in [5.74, 6) is 2.23. The molecular formula is C17H28O. The molecule has 1 aliphatic carbocycles. The van der Waals surface area contributed by atoms with E-state index in [0.717, 1.165) is 17.0 Å². The Morgan fingerprint density at radius 2 is 1.61 bits per heavy atom. The summed E-state index contributed by atoms with van der Waals surface area (Å²) in [6.45, 7) is 10.5.